The van der Waals surface area contributed by atoms with Gasteiger partial charge in [-0.1, -0.05) is 42.1 Å². The summed E-state index contributed by atoms with van der Waals surface area (Å²) >= 11 is 1.37. The summed E-state index contributed by atoms with van der Waals surface area (Å²) in [5, 5.41) is 11.7. The number of hydrogen-bond acceptors (Lipinski definition) is 4. The number of benzene rings is 2. The minimum Gasteiger partial charge on any atom is -0.325 e. The number of para-hydroxylation sites is 1. The Labute approximate surface area is 145 Å². The summed E-state index contributed by atoms with van der Waals surface area (Å²) < 4.78 is 1.90. The van der Waals surface area contributed by atoms with Crippen molar-refractivity contribution in [1.82, 2.24) is 14.8 Å². The van der Waals surface area contributed by atoms with Crippen molar-refractivity contribution in [2.75, 3.05) is 11.1 Å². The van der Waals surface area contributed by atoms with E-state index in [1.807, 2.05) is 66.9 Å². The van der Waals surface area contributed by atoms with Gasteiger partial charge in [0.1, 0.15) is 6.33 Å². The molecule has 0 aliphatic heterocycles. The molecule has 3 rings (SSSR count). The van der Waals surface area contributed by atoms with E-state index in [0.717, 1.165) is 22.5 Å². The van der Waals surface area contributed by atoms with Crippen molar-refractivity contribution in [2.24, 2.45) is 0 Å². The Bertz CT molecular complexity index is 859. The van der Waals surface area contributed by atoms with Gasteiger partial charge in [0, 0.05) is 5.69 Å². The van der Waals surface area contributed by atoms with Crippen molar-refractivity contribution in [3.63, 3.8) is 0 Å². The van der Waals surface area contributed by atoms with Crippen LogP contribution in [0.5, 0.6) is 0 Å². The van der Waals surface area contributed by atoms with E-state index >= 15 is 0 Å². The molecule has 0 saturated heterocycles. The lowest BCUT2D eigenvalue weighted by atomic mass is 10.2. The van der Waals surface area contributed by atoms with E-state index in [1.165, 1.54) is 11.8 Å². The van der Waals surface area contributed by atoms with E-state index in [-0.39, 0.29) is 11.7 Å². The maximum Gasteiger partial charge on any atom is 0.234 e. The van der Waals surface area contributed by atoms with E-state index < -0.39 is 0 Å². The van der Waals surface area contributed by atoms with Crippen LogP contribution in [0.15, 0.2) is 60.0 Å². The van der Waals surface area contributed by atoms with Crippen LogP contribution in [0.1, 0.15) is 11.1 Å². The molecule has 1 aromatic heterocycles. The Kier molecular flexibility index (Phi) is 4.96. The molecule has 0 unspecified atom stereocenters. The molecule has 24 heavy (non-hydrogen) atoms. The highest BCUT2D eigenvalue weighted by Gasteiger charge is 2.11. The summed E-state index contributed by atoms with van der Waals surface area (Å²) in [7, 11) is 0. The van der Waals surface area contributed by atoms with E-state index in [0.29, 0.717) is 5.16 Å². The van der Waals surface area contributed by atoms with Crippen molar-refractivity contribution in [3.8, 4) is 5.69 Å². The molecule has 0 spiro atoms. The first-order valence-corrected chi connectivity index (χ1v) is 8.57. The van der Waals surface area contributed by atoms with Crippen molar-refractivity contribution >= 4 is 23.4 Å². The molecule has 1 N–H and O–H groups in total. The predicted molar refractivity (Wildman–Crippen MR) is 96.6 cm³/mol. The number of anilines is 1. The Hall–Kier alpha value is -2.60. The normalized spacial score (nSPS) is 10.6. The fourth-order valence-corrected chi connectivity index (χ4v) is 3.09. The second-order valence-corrected chi connectivity index (χ2v) is 6.42. The molecule has 0 saturated carbocycles. The average Bonchev–Trinajstić information content (AvgIpc) is 3.02. The van der Waals surface area contributed by atoms with Gasteiger partial charge in [0.25, 0.3) is 0 Å². The Morgan fingerprint density at radius 1 is 1.17 bits per heavy atom. The first kappa shape index (κ1) is 16.3. The first-order valence-electron chi connectivity index (χ1n) is 7.59. The molecule has 0 atom stereocenters. The molecule has 0 bridgehead atoms. The summed E-state index contributed by atoms with van der Waals surface area (Å²) in [6.07, 6.45) is 1.67. The van der Waals surface area contributed by atoms with Crippen molar-refractivity contribution < 1.29 is 4.79 Å². The minimum absolute atomic E-state index is 0.0649. The highest BCUT2D eigenvalue weighted by atomic mass is 32.2. The summed E-state index contributed by atoms with van der Waals surface area (Å²) in [6, 6.07) is 15.8. The van der Waals surface area contributed by atoms with Gasteiger partial charge >= 0.3 is 0 Å². The maximum atomic E-state index is 12.1. The highest BCUT2D eigenvalue weighted by Crippen LogP contribution is 2.22. The number of carbonyl (C=O) groups excluding carboxylic acids is 1. The Morgan fingerprint density at radius 3 is 2.79 bits per heavy atom. The van der Waals surface area contributed by atoms with Gasteiger partial charge in [-0.3, -0.25) is 9.36 Å². The van der Waals surface area contributed by atoms with E-state index in [2.05, 4.69) is 15.5 Å². The monoisotopic (exact) mass is 338 g/mol. The summed E-state index contributed by atoms with van der Waals surface area (Å²) in [6.45, 7) is 4.03. The number of thioether (sulfide) groups is 1. The van der Waals surface area contributed by atoms with Crippen LogP contribution in [-0.4, -0.2) is 26.4 Å². The number of aryl methyl sites for hydroxylation is 2. The molecule has 2 aromatic carbocycles. The average molecular weight is 338 g/mol. The lowest BCUT2D eigenvalue weighted by molar-refractivity contribution is -0.113. The number of rotatable bonds is 5. The largest absolute Gasteiger partial charge is 0.325 e. The summed E-state index contributed by atoms with van der Waals surface area (Å²) in [4.78, 5) is 12.1. The summed E-state index contributed by atoms with van der Waals surface area (Å²) in [5.41, 5.74) is 4.06. The summed E-state index contributed by atoms with van der Waals surface area (Å²) in [5.74, 6) is 0.211. The zero-order chi connectivity index (χ0) is 16.9. The number of hydrogen-bond donors (Lipinski definition) is 1. The molecule has 0 radical (unpaired) electrons. The van der Waals surface area contributed by atoms with Crippen LogP contribution in [0.2, 0.25) is 0 Å². The highest BCUT2D eigenvalue weighted by molar-refractivity contribution is 7.99. The zero-order valence-electron chi connectivity index (χ0n) is 13.6. The van der Waals surface area contributed by atoms with Crippen LogP contribution < -0.4 is 5.32 Å². The molecule has 0 aliphatic rings. The van der Waals surface area contributed by atoms with Crippen LogP contribution >= 0.6 is 11.8 Å². The molecular formula is C18H18N4OS. The lowest BCUT2D eigenvalue weighted by Crippen LogP contribution is -2.14. The first-order chi connectivity index (χ1) is 11.6. The number of carbonyl (C=O) groups is 1. The topological polar surface area (TPSA) is 59.8 Å². The quantitative estimate of drug-likeness (QED) is 0.722. The van der Waals surface area contributed by atoms with Gasteiger partial charge in [-0.25, -0.2) is 0 Å². The maximum absolute atomic E-state index is 12.1. The van der Waals surface area contributed by atoms with E-state index in [9.17, 15) is 4.79 Å². The third-order valence-corrected chi connectivity index (χ3v) is 4.47. The van der Waals surface area contributed by atoms with Crippen LogP contribution in [0.4, 0.5) is 5.69 Å². The fraction of sp³-hybridized carbons (Fsp3) is 0.167. The number of amides is 1. The zero-order valence-corrected chi connectivity index (χ0v) is 14.4. The molecule has 0 fully saturated rings. The molecule has 1 heterocycles. The Balaban J connectivity index is 1.67. The molecule has 6 heteroatoms. The molecule has 5 nitrogen and oxygen atoms in total. The van der Waals surface area contributed by atoms with E-state index in [4.69, 9.17) is 0 Å². The van der Waals surface area contributed by atoms with Crippen molar-refractivity contribution in [2.45, 2.75) is 19.0 Å². The van der Waals surface area contributed by atoms with Crippen LogP contribution in [0.3, 0.4) is 0 Å². The second kappa shape index (κ2) is 7.31. The van der Waals surface area contributed by atoms with Crippen LogP contribution in [0.25, 0.3) is 5.69 Å². The Morgan fingerprint density at radius 2 is 2.00 bits per heavy atom. The SMILES string of the molecule is Cc1cccc(NC(=O)CSc2nncn2-c2ccccc2C)c1. The molecule has 3 aromatic rings. The molecular weight excluding hydrogens is 320 g/mol. The van der Waals surface area contributed by atoms with E-state index in [1.54, 1.807) is 6.33 Å². The third kappa shape index (κ3) is 3.83. The van der Waals surface area contributed by atoms with Crippen LogP contribution in [0, 0.1) is 13.8 Å². The van der Waals surface area contributed by atoms with Gasteiger partial charge in [-0.2, -0.15) is 0 Å². The van der Waals surface area contributed by atoms with Gasteiger partial charge < -0.3 is 5.32 Å². The minimum atomic E-state index is -0.0649. The predicted octanol–water partition coefficient (Wildman–Crippen LogP) is 3.61. The van der Waals surface area contributed by atoms with Gasteiger partial charge in [-0.05, 0) is 43.2 Å². The third-order valence-electron chi connectivity index (χ3n) is 3.53. The van der Waals surface area contributed by atoms with Crippen molar-refractivity contribution in [3.05, 3.63) is 66.0 Å². The molecule has 0 aliphatic carbocycles. The standard InChI is InChI=1S/C18H18N4OS/c1-13-6-5-8-15(10-13)20-17(23)11-24-18-21-19-12-22(18)16-9-4-3-7-14(16)2/h3-10,12H,11H2,1-2H3,(H,20,23). The fourth-order valence-electron chi connectivity index (χ4n) is 2.37. The smallest absolute Gasteiger partial charge is 0.234 e. The van der Waals surface area contributed by atoms with Crippen molar-refractivity contribution in [1.29, 1.82) is 0 Å². The number of nitrogens with one attached hydrogen (secondary N) is 1. The van der Waals surface area contributed by atoms with Gasteiger partial charge in [0.15, 0.2) is 5.16 Å². The number of aromatic nitrogens is 3. The van der Waals surface area contributed by atoms with Gasteiger partial charge in [-0.15, -0.1) is 10.2 Å². The number of nitrogens with zero attached hydrogens (tertiary/aromatic N) is 3. The molecule has 1 amide bonds. The van der Waals surface area contributed by atoms with Crippen LogP contribution in [-0.2, 0) is 4.79 Å². The lowest BCUT2D eigenvalue weighted by Gasteiger charge is -2.09. The molecule has 122 valence electrons. The van der Waals surface area contributed by atoms with Gasteiger partial charge in [0.05, 0.1) is 11.4 Å². The van der Waals surface area contributed by atoms with Gasteiger partial charge in [0.2, 0.25) is 5.91 Å². The second-order valence-electron chi connectivity index (χ2n) is 5.48.